The molecule has 0 bridgehead atoms. The molecule has 0 radical (unpaired) electrons. The first kappa shape index (κ1) is 8.22. The number of rotatable bonds is 0. The summed E-state index contributed by atoms with van der Waals surface area (Å²) in [7, 11) is 0. The minimum atomic E-state index is 0.708. The highest BCUT2D eigenvalue weighted by Gasteiger charge is 2.36. The van der Waals surface area contributed by atoms with Crippen molar-refractivity contribution in [3.05, 3.63) is 29.8 Å². The Hall–Kier alpha value is -1.11. The SMILES string of the molecule is CC1CCC2C=Nc3ccccc3C12. The summed E-state index contributed by atoms with van der Waals surface area (Å²) in [4.78, 5) is 4.55. The maximum Gasteiger partial charge on any atom is 0.0660 e. The largest absolute Gasteiger partial charge is 0.261 e. The number of hydrogen-bond acceptors (Lipinski definition) is 1. The van der Waals surface area contributed by atoms with Gasteiger partial charge in [0.2, 0.25) is 0 Å². The van der Waals surface area contributed by atoms with Crippen LogP contribution < -0.4 is 0 Å². The quantitative estimate of drug-likeness (QED) is 0.586. The minimum absolute atomic E-state index is 0.708. The van der Waals surface area contributed by atoms with E-state index in [1.807, 2.05) is 0 Å². The van der Waals surface area contributed by atoms with Gasteiger partial charge >= 0.3 is 0 Å². The third-order valence-electron chi connectivity index (χ3n) is 3.73. The first-order valence-electron chi connectivity index (χ1n) is 5.49. The zero-order chi connectivity index (χ0) is 9.54. The van der Waals surface area contributed by atoms with Crippen molar-refractivity contribution in [1.82, 2.24) is 0 Å². The van der Waals surface area contributed by atoms with E-state index in [0.717, 1.165) is 11.8 Å². The van der Waals surface area contributed by atoms with Gasteiger partial charge in [0.25, 0.3) is 0 Å². The van der Waals surface area contributed by atoms with Gasteiger partial charge in [-0.1, -0.05) is 25.1 Å². The second-order valence-corrected chi connectivity index (χ2v) is 4.58. The lowest BCUT2D eigenvalue weighted by molar-refractivity contribution is 0.503. The smallest absolute Gasteiger partial charge is 0.0660 e. The van der Waals surface area contributed by atoms with E-state index in [4.69, 9.17) is 0 Å². The van der Waals surface area contributed by atoms with E-state index in [2.05, 4.69) is 42.4 Å². The summed E-state index contributed by atoms with van der Waals surface area (Å²) in [5.41, 5.74) is 2.67. The molecular formula is C13H15N. The molecule has 3 atom stereocenters. The Morgan fingerprint density at radius 1 is 1.21 bits per heavy atom. The predicted molar refractivity (Wildman–Crippen MR) is 59.2 cm³/mol. The normalized spacial score (nSPS) is 33.9. The molecule has 1 heteroatoms. The van der Waals surface area contributed by atoms with Crippen molar-refractivity contribution in [3.8, 4) is 0 Å². The van der Waals surface area contributed by atoms with E-state index in [0.29, 0.717) is 5.92 Å². The molecule has 1 aromatic carbocycles. The van der Waals surface area contributed by atoms with Crippen LogP contribution in [0.5, 0.6) is 0 Å². The highest BCUT2D eigenvalue weighted by molar-refractivity contribution is 5.73. The zero-order valence-electron chi connectivity index (χ0n) is 8.48. The second-order valence-electron chi connectivity index (χ2n) is 4.58. The maximum absolute atomic E-state index is 4.55. The summed E-state index contributed by atoms with van der Waals surface area (Å²) in [5, 5.41) is 0. The standard InChI is InChI=1S/C13H15N/c1-9-6-7-10-8-14-12-5-3-2-4-11(12)13(9)10/h2-5,8-10,13H,6-7H2,1H3. The third kappa shape index (κ3) is 1.05. The van der Waals surface area contributed by atoms with Gasteiger partial charge in [-0.3, -0.25) is 4.99 Å². The van der Waals surface area contributed by atoms with E-state index in [1.165, 1.54) is 24.1 Å². The highest BCUT2D eigenvalue weighted by Crippen LogP contribution is 2.48. The fraction of sp³-hybridized carbons (Fsp3) is 0.462. The number of benzene rings is 1. The van der Waals surface area contributed by atoms with Crippen molar-refractivity contribution in [2.75, 3.05) is 0 Å². The lowest BCUT2D eigenvalue weighted by Gasteiger charge is -2.25. The minimum Gasteiger partial charge on any atom is -0.261 e. The average molecular weight is 185 g/mol. The topological polar surface area (TPSA) is 12.4 Å². The molecule has 1 aliphatic carbocycles. The molecular weight excluding hydrogens is 170 g/mol. The van der Waals surface area contributed by atoms with Crippen LogP contribution in [-0.2, 0) is 0 Å². The molecule has 14 heavy (non-hydrogen) atoms. The van der Waals surface area contributed by atoms with Crippen LogP contribution in [-0.4, -0.2) is 6.21 Å². The maximum atomic E-state index is 4.55. The van der Waals surface area contributed by atoms with E-state index >= 15 is 0 Å². The molecule has 1 heterocycles. The fourth-order valence-electron chi connectivity index (χ4n) is 3.00. The molecule has 1 fully saturated rings. The van der Waals surface area contributed by atoms with E-state index in [9.17, 15) is 0 Å². The Balaban J connectivity index is 2.12. The van der Waals surface area contributed by atoms with Crippen LogP contribution in [0.4, 0.5) is 5.69 Å². The van der Waals surface area contributed by atoms with Crippen molar-refractivity contribution in [2.45, 2.75) is 25.7 Å². The predicted octanol–water partition coefficient (Wildman–Crippen LogP) is 3.53. The van der Waals surface area contributed by atoms with Gasteiger partial charge in [0.1, 0.15) is 0 Å². The third-order valence-corrected chi connectivity index (χ3v) is 3.73. The summed E-state index contributed by atoms with van der Waals surface area (Å²) < 4.78 is 0. The zero-order valence-corrected chi connectivity index (χ0v) is 8.48. The highest BCUT2D eigenvalue weighted by atomic mass is 14.8. The molecule has 1 nitrogen and oxygen atoms in total. The van der Waals surface area contributed by atoms with Gasteiger partial charge in [-0.05, 0) is 36.3 Å². The molecule has 1 saturated carbocycles. The number of fused-ring (bicyclic) bond motifs is 3. The Morgan fingerprint density at radius 2 is 2.07 bits per heavy atom. The molecule has 3 rings (SSSR count). The van der Waals surface area contributed by atoms with Crippen molar-refractivity contribution in [3.63, 3.8) is 0 Å². The van der Waals surface area contributed by atoms with E-state index in [1.54, 1.807) is 0 Å². The van der Waals surface area contributed by atoms with Crippen molar-refractivity contribution in [2.24, 2.45) is 16.8 Å². The molecule has 0 aromatic heterocycles. The van der Waals surface area contributed by atoms with Gasteiger partial charge in [-0.25, -0.2) is 0 Å². The molecule has 3 unspecified atom stereocenters. The molecule has 0 saturated heterocycles. The van der Waals surface area contributed by atoms with Crippen LogP contribution in [0.3, 0.4) is 0 Å². The molecule has 1 aliphatic heterocycles. The molecule has 0 spiro atoms. The summed E-state index contributed by atoms with van der Waals surface area (Å²) in [6.45, 7) is 2.38. The monoisotopic (exact) mass is 185 g/mol. The second kappa shape index (κ2) is 2.94. The van der Waals surface area contributed by atoms with Crippen molar-refractivity contribution in [1.29, 1.82) is 0 Å². The fourth-order valence-corrected chi connectivity index (χ4v) is 3.00. The van der Waals surface area contributed by atoms with Crippen LogP contribution in [0.1, 0.15) is 31.2 Å². The lowest BCUT2D eigenvalue weighted by atomic mass is 9.82. The number of nitrogens with zero attached hydrogens (tertiary/aromatic N) is 1. The summed E-state index contributed by atoms with van der Waals surface area (Å²) >= 11 is 0. The van der Waals surface area contributed by atoms with Crippen molar-refractivity contribution < 1.29 is 0 Å². The van der Waals surface area contributed by atoms with Gasteiger partial charge in [-0.15, -0.1) is 0 Å². The Morgan fingerprint density at radius 3 is 3.00 bits per heavy atom. The van der Waals surface area contributed by atoms with Crippen LogP contribution in [0, 0.1) is 11.8 Å². The van der Waals surface area contributed by atoms with Crippen molar-refractivity contribution >= 4 is 11.9 Å². The van der Waals surface area contributed by atoms with Crippen LogP contribution >= 0.6 is 0 Å². The lowest BCUT2D eigenvalue weighted by Crippen LogP contribution is -2.15. The Labute approximate surface area is 84.9 Å². The first-order chi connectivity index (χ1) is 6.86. The molecule has 1 aromatic rings. The number of aliphatic imine (C=N–C) groups is 1. The Kier molecular flexibility index (Phi) is 1.73. The van der Waals surface area contributed by atoms with Gasteiger partial charge in [0.05, 0.1) is 5.69 Å². The molecule has 0 N–H and O–H groups in total. The summed E-state index contributed by atoms with van der Waals surface area (Å²) in [5.74, 6) is 2.27. The molecule has 0 amide bonds. The van der Waals surface area contributed by atoms with Crippen LogP contribution in [0.25, 0.3) is 0 Å². The van der Waals surface area contributed by atoms with E-state index in [-0.39, 0.29) is 0 Å². The molecule has 2 aliphatic rings. The Bertz CT molecular complexity index is 381. The number of hydrogen-bond donors (Lipinski definition) is 0. The summed E-state index contributed by atoms with van der Waals surface area (Å²) in [6, 6.07) is 8.61. The van der Waals surface area contributed by atoms with Gasteiger partial charge in [-0.2, -0.15) is 0 Å². The number of para-hydroxylation sites is 1. The molecule has 72 valence electrons. The van der Waals surface area contributed by atoms with Gasteiger partial charge < -0.3 is 0 Å². The average Bonchev–Trinajstić information content (AvgIpc) is 2.61. The van der Waals surface area contributed by atoms with Gasteiger partial charge in [0.15, 0.2) is 0 Å². The van der Waals surface area contributed by atoms with E-state index < -0.39 is 0 Å². The first-order valence-corrected chi connectivity index (χ1v) is 5.49. The van der Waals surface area contributed by atoms with Crippen LogP contribution in [0.2, 0.25) is 0 Å². The summed E-state index contributed by atoms with van der Waals surface area (Å²) in [6.07, 6.45) is 4.86. The van der Waals surface area contributed by atoms with Crippen LogP contribution in [0.15, 0.2) is 29.3 Å². The van der Waals surface area contributed by atoms with Gasteiger partial charge in [0, 0.05) is 12.1 Å².